The Morgan fingerprint density at radius 2 is 1.75 bits per heavy atom. The molecular formula is C17H35N3. The van der Waals surface area contributed by atoms with E-state index in [0.29, 0.717) is 11.5 Å². The van der Waals surface area contributed by atoms with Crippen molar-refractivity contribution in [2.75, 3.05) is 33.2 Å². The zero-order valence-electron chi connectivity index (χ0n) is 14.3. The fourth-order valence-electron chi connectivity index (χ4n) is 4.47. The van der Waals surface area contributed by atoms with Gasteiger partial charge in [0.15, 0.2) is 0 Å². The Balaban J connectivity index is 2.05. The SMILES string of the molecule is CC1CN(C)CCN1C1(CN)CCC(C(C)(C)C)CC1. The zero-order chi connectivity index (χ0) is 15.0. The van der Waals surface area contributed by atoms with Crippen LogP contribution < -0.4 is 5.73 Å². The number of hydrogen-bond donors (Lipinski definition) is 1. The molecule has 1 unspecified atom stereocenters. The normalized spacial score (nSPS) is 38.1. The molecule has 1 atom stereocenters. The van der Waals surface area contributed by atoms with Gasteiger partial charge in [-0.05, 0) is 51.0 Å². The summed E-state index contributed by atoms with van der Waals surface area (Å²) >= 11 is 0. The molecule has 1 aliphatic carbocycles. The molecule has 1 saturated carbocycles. The van der Waals surface area contributed by atoms with Crippen molar-refractivity contribution in [2.45, 2.75) is 65.0 Å². The Hall–Kier alpha value is -0.120. The number of nitrogens with two attached hydrogens (primary N) is 1. The second-order valence-electron chi connectivity index (χ2n) is 8.37. The van der Waals surface area contributed by atoms with Gasteiger partial charge in [-0.15, -0.1) is 0 Å². The molecule has 0 spiro atoms. The maximum Gasteiger partial charge on any atom is 0.0335 e. The second kappa shape index (κ2) is 5.94. The van der Waals surface area contributed by atoms with Gasteiger partial charge in [0.05, 0.1) is 0 Å². The molecule has 3 heteroatoms. The van der Waals surface area contributed by atoms with Gasteiger partial charge in [0, 0.05) is 37.8 Å². The highest BCUT2D eigenvalue weighted by Crippen LogP contribution is 2.44. The van der Waals surface area contributed by atoms with Crippen molar-refractivity contribution in [1.29, 1.82) is 0 Å². The third kappa shape index (κ3) is 3.20. The molecule has 2 rings (SSSR count). The minimum absolute atomic E-state index is 0.280. The molecule has 2 fully saturated rings. The molecule has 0 aromatic heterocycles. The molecule has 3 nitrogen and oxygen atoms in total. The number of nitrogens with zero attached hydrogens (tertiary/aromatic N) is 2. The van der Waals surface area contributed by atoms with Gasteiger partial charge in [-0.25, -0.2) is 0 Å². The van der Waals surface area contributed by atoms with Gasteiger partial charge in [-0.3, -0.25) is 4.90 Å². The highest BCUT2D eigenvalue weighted by atomic mass is 15.3. The van der Waals surface area contributed by atoms with Gasteiger partial charge in [0.2, 0.25) is 0 Å². The Bertz CT molecular complexity index is 313. The second-order valence-corrected chi connectivity index (χ2v) is 8.37. The molecule has 1 heterocycles. The highest BCUT2D eigenvalue weighted by Gasteiger charge is 2.44. The lowest BCUT2D eigenvalue weighted by Crippen LogP contribution is -2.64. The summed E-state index contributed by atoms with van der Waals surface area (Å²) in [5.41, 5.74) is 7.00. The predicted molar refractivity (Wildman–Crippen MR) is 86.9 cm³/mol. The van der Waals surface area contributed by atoms with Crippen LogP contribution >= 0.6 is 0 Å². The largest absolute Gasteiger partial charge is 0.329 e. The number of likely N-dealkylation sites (N-methyl/N-ethyl adjacent to an activating group) is 1. The summed E-state index contributed by atoms with van der Waals surface area (Å²) in [5.74, 6) is 0.866. The average molecular weight is 281 g/mol. The standard InChI is InChI=1S/C17H35N3/c1-14-12-19(5)10-11-20(14)17(13-18)8-6-15(7-9-17)16(2,3)4/h14-15H,6-13,18H2,1-5H3. The summed E-state index contributed by atoms with van der Waals surface area (Å²) in [4.78, 5) is 5.19. The zero-order valence-corrected chi connectivity index (χ0v) is 14.3. The van der Waals surface area contributed by atoms with E-state index in [-0.39, 0.29) is 5.54 Å². The predicted octanol–water partition coefficient (Wildman–Crippen LogP) is 2.56. The molecule has 118 valence electrons. The molecule has 20 heavy (non-hydrogen) atoms. The lowest BCUT2D eigenvalue weighted by molar-refractivity contribution is -0.0343. The highest BCUT2D eigenvalue weighted by molar-refractivity contribution is 5.00. The Morgan fingerprint density at radius 3 is 2.20 bits per heavy atom. The molecule has 0 aromatic carbocycles. The molecule has 0 aromatic rings. The van der Waals surface area contributed by atoms with E-state index in [1.807, 2.05) is 0 Å². The van der Waals surface area contributed by atoms with Crippen LogP contribution in [0.15, 0.2) is 0 Å². The monoisotopic (exact) mass is 281 g/mol. The van der Waals surface area contributed by atoms with E-state index in [1.54, 1.807) is 0 Å². The van der Waals surface area contributed by atoms with E-state index >= 15 is 0 Å². The van der Waals surface area contributed by atoms with Crippen LogP contribution in [0.25, 0.3) is 0 Å². The van der Waals surface area contributed by atoms with Crippen LogP contribution in [-0.2, 0) is 0 Å². The van der Waals surface area contributed by atoms with Crippen molar-refractivity contribution >= 4 is 0 Å². The molecule has 2 N–H and O–H groups in total. The van der Waals surface area contributed by atoms with E-state index in [9.17, 15) is 0 Å². The van der Waals surface area contributed by atoms with Gasteiger partial charge in [-0.1, -0.05) is 20.8 Å². The van der Waals surface area contributed by atoms with Gasteiger partial charge in [0.25, 0.3) is 0 Å². The number of rotatable bonds is 2. The maximum absolute atomic E-state index is 6.27. The summed E-state index contributed by atoms with van der Waals surface area (Å²) in [5, 5.41) is 0. The number of hydrogen-bond acceptors (Lipinski definition) is 3. The first kappa shape index (κ1) is 16.3. The lowest BCUT2D eigenvalue weighted by Gasteiger charge is -2.54. The van der Waals surface area contributed by atoms with E-state index < -0.39 is 0 Å². The third-order valence-electron chi connectivity index (χ3n) is 5.96. The van der Waals surface area contributed by atoms with E-state index in [1.165, 1.54) is 45.3 Å². The molecule has 1 aliphatic heterocycles. The van der Waals surface area contributed by atoms with E-state index in [4.69, 9.17) is 5.73 Å². The molecular weight excluding hydrogens is 246 g/mol. The summed E-state index contributed by atoms with van der Waals surface area (Å²) < 4.78 is 0. The van der Waals surface area contributed by atoms with Gasteiger partial charge in [-0.2, -0.15) is 0 Å². The van der Waals surface area contributed by atoms with Crippen molar-refractivity contribution in [2.24, 2.45) is 17.1 Å². The summed E-state index contributed by atoms with van der Waals surface area (Å²) in [6, 6.07) is 0.642. The van der Waals surface area contributed by atoms with Crippen molar-refractivity contribution in [3.8, 4) is 0 Å². The van der Waals surface area contributed by atoms with Crippen LogP contribution in [0.1, 0.15) is 53.4 Å². The summed E-state index contributed by atoms with van der Waals surface area (Å²) in [6.45, 7) is 14.0. The minimum Gasteiger partial charge on any atom is -0.329 e. The molecule has 0 amide bonds. The number of piperazine rings is 1. The van der Waals surface area contributed by atoms with E-state index in [0.717, 1.165) is 12.5 Å². The van der Waals surface area contributed by atoms with Crippen molar-refractivity contribution in [3.05, 3.63) is 0 Å². The average Bonchev–Trinajstić information content (AvgIpc) is 2.37. The third-order valence-corrected chi connectivity index (χ3v) is 5.96. The minimum atomic E-state index is 0.280. The Morgan fingerprint density at radius 1 is 1.15 bits per heavy atom. The van der Waals surface area contributed by atoms with Crippen LogP contribution in [0.4, 0.5) is 0 Å². The molecule has 0 radical (unpaired) electrons. The lowest BCUT2D eigenvalue weighted by atomic mass is 9.66. The van der Waals surface area contributed by atoms with Gasteiger partial charge < -0.3 is 10.6 Å². The topological polar surface area (TPSA) is 32.5 Å². The first-order valence-corrected chi connectivity index (χ1v) is 8.44. The first-order valence-electron chi connectivity index (χ1n) is 8.44. The fourth-order valence-corrected chi connectivity index (χ4v) is 4.47. The van der Waals surface area contributed by atoms with Crippen molar-refractivity contribution < 1.29 is 0 Å². The first-order chi connectivity index (χ1) is 9.28. The Kier molecular flexibility index (Phi) is 4.83. The van der Waals surface area contributed by atoms with Crippen LogP contribution in [0, 0.1) is 11.3 Å². The Labute approximate surface area is 125 Å². The quantitative estimate of drug-likeness (QED) is 0.844. The van der Waals surface area contributed by atoms with Gasteiger partial charge in [0.1, 0.15) is 0 Å². The van der Waals surface area contributed by atoms with Crippen molar-refractivity contribution in [1.82, 2.24) is 9.80 Å². The smallest absolute Gasteiger partial charge is 0.0335 e. The summed E-state index contributed by atoms with van der Waals surface area (Å²) in [7, 11) is 2.24. The van der Waals surface area contributed by atoms with Crippen LogP contribution in [0.3, 0.4) is 0 Å². The maximum atomic E-state index is 6.27. The molecule has 2 aliphatic rings. The van der Waals surface area contributed by atoms with E-state index in [2.05, 4.69) is 44.5 Å². The fraction of sp³-hybridized carbons (Fsp3) is 1.00. The summed E-state index contributed by atoms with van der Waals surface area (Å²) in [6.07, 6.45) is 5.28. The molecule has 0 bridgehead atoms. The van der Waals surface area contributed by atoms with Crippen LogP contribution in [0.2, 0.25) is 0 Å². The van der Waals surface area contributed by atoms with Crippen LogP contribution in [-0.4, -0.2) is 54.6 Å². The van der Waals surface area contributed by atoms with Crippen molar-refractivity contribution in [3.63, 3.8) is 0 Å². The molecule has 1 saturated heterocycles. The van der Waals surface area contributed by atoms with Crippen LogP contribution in [0.5, 0.6) is 0 Å². The van der Waals surface area contributed by atoms with Gasteiger partial charge >= 0.3 is 0 Å².